The van der Waals surface area contributed by atoms with Gasteiger partial charge < -0.3 is 15.8 Å². The van der Waals surface area contributed by atoms with E-state index in [0.717, 1.165) is 10.2 Å². The molecule has 84 valence electrons. The van der Waals surface area contributed by atoms with Crippen LogP contribution in [-0.2, 0) is 4.74 Å². The quantitative estimate of drug-likeness (QED) is 0.864. The highest BCUT2D eigenvalue weighted by Crippen LogP contribution is 2.24. The lowest BCUT2D eigenvalue weighted by Gasteiger charge is -2.30. The normalized spacial score (nSPS) is 14.7. The standard InChI is InChI=1S/C11H17BrN2O/c1-11(7-13,8-15-2)14-10-6-4-3-5-9(10)12/h3-6,14H,7-8,13H2,1-2H3. The van der Waals surface area contributed by atoms with Crippen molar-refractivity contribution in [2.24, 2.45) is 5.73 Å². The summed E-state index contributed by atoms with van der Waals surface area (Å²) in [5.41, 5.74) is 6.53. The molecule has 0 spiro atoms. The van der Waals surface area contributed by atoms with Crippen molar-refractivity contribution in [2.45, 2.75) is 12.5 Å². The van der Waals surface area contributed by atoms with Crippen LogP contribution in [0.25, 0.3) is 0 Å². The van der Waals surface area contributed by atoms with Crippen molar-refractivity contribution in [2.75, 3.05) is 25.6 Å². The van der Waals surface area contributed by atoms with Crippen molar-refractivity contribution in [1.29, 1.82) is 0 Å². The Balaban J connectivity index is 2.79. The Labute approximate surface area is 99.1 Å². The van der Waals surface area contributed by atoms with Gasteiger partial charge in [-0.2, -0.15) is 0 Å². The van der Waals surface area contributed by atoms with Crippen LogP contribution in [0.5, 0.6) is 0 Å². The summed E-state index contributed by atoms with van der Waals surface area (Å²) in [5, 5.41) is 3.38. The van der Waals surface area contributed by atoms with Gasteiger partial charge in [-0.25, -0.2) is 0 Å². The first-order valence-electron chi connectivity index (χ1n) is 4.83. The smallest absolute Gasteiger partial charge is 0.0702 e. The van der Waals surface area contributed by atoms with Gasteiger partial charge in [0, 0.05) is 23.8 Å². The van der Waals surface area contributed by atoms with Crippen LogP contribution in [0.4, 0.5) is 5.69 Å². The molecule has 0 aliphatic rings. The molecule has 0 aliphatic carbocycles. The van der Waals surface area contributed by atoms with E-state index < -0.39 is 0 Å². The van der Waals surface area contributed by atoms with Gasteiger partial charge in [-0.3, -0.25) is 0 Å². The lowest BCUT2D eigenvalue weighted by atomic mass is 10.0. The van der Waals surface area contributed by atoms with Gasteiger partial charge in [-0.15, -0.1) is 0 Å². The molecule has 0 saturated carbocycles. The highest BCUT2D eigenvalue weighted by Gasteiger charge is 2.22. The Morgan fingerprint density at radius 2 is 2.13 bits per heavy atom. The largest absolute Gasteiger partial charge is 0.382 e. The first kappa shape index (κ1) is 12.5. The molecular weight excluding hydrogens is 256 g/mol. The topological polar surface area (TPSA) is 47.3 Å². The second-order valence-corrected chi connectivity index (χ2v) is 4.66. The third-order valence-corrected chi connectivity index (χ3v) is 2.92. The number of nitrogens with two attached hydrogens (primary N) is 1. The summed E-state index contributed by atoms with van der Waals surface area (Å²) < 4.78 is 6.18. The highest BCUT2D eigenvalue weighted by atomic mass is 79.9. The summed E-state index contributed by atoms with van der Waals surface area (Å²) in [6, 6.07) is 7.96. The van der Waals surface area contributed by atoms with E-state index in [-0.39, 0.29) is 5.54 Å². The zero-order valence-electron chi connectivity index (χ0n) is 9.09. The average Bonchev–Trinajstić information content (AvgIpc) is 2.22. The van der Waals surface area contributed by atoms with Crippen LogP contribution in [0.1, 0.15) is 6.92 Å². The van der Waals surface area contributed by atoms with Gasteiger partial charge in [0.05, 0.1) is 12.1 Å². The average molecular weight is 273 g/mol. The van der Waals surface area contributed by atoms with E-state index in [1.54, 1.807) is 7.11 Å². The van der Waals surface area contributed by atoms with E-state index in [1.165, 1.54) is 0 Å². The minimum atomic E-state index is -0.237. The summed E-state index contributed by atoms with van der Waals surface area (Å²) >= 11 is 3.49. The lowest BCUT2D eigenvalue weighted by molar-refractivity contribution is 0.153. The highest BCUT2D eigenvalue weighted by molar-refractivity contribution is 9.10. The maximum atomic E-state index is 5.73. The zero-order valence-corrected chi connectivity index (χ0v) is 10.7. The van der Waals surface area contributed by atoms with Crippen molar-refractivity contribution >= 4 is 21.6 Å². The van der Waals surface area contributed by atoms with Gasteiger partial charge in [0.25, 0.3) is 0 Å². The minimum Gasteiger partial charge on any atom is -0.382 e. The Morgan fingerprint density at radius 1 is 1.47 bits per heavy atom. The Hall–Kier alpha value is -0.580. The SMILES string of the molecule is COCC(C)(CN)Nc1ccccc1Br. The van der Waals surface area contributed by atoms with Gasteiger partial charge in [0.1, 0.15) is 0 Å². The number of hydrogen-bond donors (Lipinski definition) is 2. The first-order chi connectivity index (χ1) is 7.11. The number of nitrogens with one attached hydrogen (secondary N) is 1. The van der Waals surface area contributed by atoms with Gasteiger partial charge in [0.15, 0.2) is 0 Å². The second kappa shape index (κ2) is 5.49. The summed E-state index contributed by atoms with van der Waals surface area (Å²) in [5.74, 6) is 0. The van der Waals surface area contributed by atoms with E-state index in [1.807, 2.05) is 31.2 Å². The van der Waals surface area contributed by atoms with Crippen LogP contribution in [0.15, 0.2) is 28.7 Å². The molecule has 0 amide bonds. The van der Waals surface area contributed by atoms with Gasteiger partial charge >= 0.3 is 0 Å². The Bertz CT molecular complexity index is 319. The summed E-state index contributed by atoms with van der Waals surface area (Å²) in [6.45, 7) is 3.13. The maximum Gasteiger partial charge on any atom is 0.0702 e. The number of ether oxygens (including phenoxy) is 1. The van der Waals surface area contributed by atoms with E-state index in [9.17, 15) is 0 Å². The van der Waals surface area contributed by atoms with Crippen LogP contribution < -0.4 is 11.1 Å². The molecule has 1 aromatic rings. The van der Waals surface area contributed by atoms with Crippen LogP contribution in [0.2, 0.25) is 0 Å². The predicted molar refractivity (Wildman–Crippen MR) is 67.1 cm³/mol. The van der Waals surface area contributed by atoms with E-state index in [4.69, 9.17) is 10.5 Å². The molecule has 1 atom stereocenters. The fourth-order valence-corrected chi connectivity index (χ4v) is 1.74. The van der Waals surface area contributed by atoms with Crippen molar-refractivity contribution in [3.63, 3.8) is 0 Å². The maximum absolute atomic E-state index is 5.73. The third-order valence-electron chi connectivity index (χ3n) is 2.22. The van der Waals surface area contributed by atoms with Crippen molar-refractivity contribution in [3.8, 4) is 0 Å². The third kappa shape index (κ3) is 3.48. The second-order valence-electron chi connectivity index (χ2n) is 3.80. The molecule has 1 unspecified atom stereocenters. The molecule has 0 radical (unpaired) electrons. The molecule has 1 aromatic carbocycles. The molecule has 0 bridgehead atoms. The predicted octanol–water partition coefficient (Wildman–Crippen LogP) is 2.22. The lowest BCUT2D eigenvalue weighted by Crippen LogP contribution is -2.46. The summed E-state index contributed by atoms with van der Waals surface area (Å²) in [6.07, 6.45) is 0. The summed E-state index contributed by atoms with van der Waals surface area (Å²) in [4.78, 5) is 0. The minimum absolute atomic E-state index is 0.237. The fourth-order valence-electron chi connectivity index (χ4n) is 1.35. The Morgan fingerprint density at radius 3 is 2.67 bits per heavy atom. The molecule has 3 nitrogen and oxygen atoms in total. The molecule has 0 aromatic heterocycles. The van der Waals surface area contributed by atoms with Crippen LogP contribution in [0, 0.1) is 0 Å². The van der Waals surface area contributed by atoms with Crippen LogP contribution >= 0.6 is 15.9 Å². The van der Waals surface area contributed by atoms with Crippen LogP contribution in [-0.4, -0.2) is 25.8 Å². The molecule has 0 saturated heterocycles. The number of methoxy groups -OCH3 is 1. The van der Waals surface area contributed by atoms with E-state index in [2.05, 4.69) is 21.2 Å². The zero-order chi connectivity index (χ0) is 11.3. The molecule has 1 rings (SSSR count). The van der Waals surface area contributed by atoms with Crippen molar-refractivity contribution in [3.05, 3.63) is 28.7 Å². The number of para-hydroxylation sites is 1. The Kier molecular flexibility index (Phi) is 4.57. The molecule has 4 heteroatoms. The molecule has 0 heterocycles. The number of benzene rings is 1. The molecule has 15 heavy (non-hydrogen) atoms. The number of halogens is 1. The van der Waals surface area contributed by atoms with Crippen LogP contribution in [0.3, 0.4) is 0 Å². The molecule has 0 fully saturated rings. The van der Waals surface area contributed by atoms with E-state index >= 15 is 0 Å². The van der Waals surface area contributed by atoms with Crippen molar-refractivity contribution < 1.29 is 4.74 Å². The number of hydrogen-bond acceptors (Lipinski definition) is 3. The molecule has 3 N–H and O–H groups in total. The number of anilines is 1. The van der Waals surface area contributed by atoms with Gasteiger partial charge in [0.2, 0.25) is 0 Å². The molecular formula is C11H17BrN2O. The van der Waals surface area contributed by atoms with E-state index in [0.29, 0.717) is 13.2 Å². The van der Waals surface area contributed by atoms with Gasteiger partial charge in [-0.05, 0) is 35.0 Å². The monoisotopic (exact) mass is 272 g/mol. The van der Waals surface area contributed by atoms with Crippen molar-refractivity contribution in [1.82, 2.24) is 0 Å². The number of rotatable bonds is 5. The summed E-state index contributed by atoms with van der Waals surface area (Å²) in [7, 11) is 1.68. The van der Waals surface area contributed by atoms with Gasteiger partial charge in [-0.1, -0.05) is 12.1 Å². The molecule has 0 aliphatic heterocycles. The fraction of sp³-hybridized carbons (Fsp3) is 0.455. The first-order valence-corrected chi connectivity index (χ1v) is 5.62.